The average molecular weight is 646 g/mol. The van der Waals surface area contributed by atoms with E-state index in [0.717, 1.165) is 64.2 Å². The Morgan fingerprint density at radius 1 is 0.568 bits per heavy atom. The molecule has 0 aromatic carbocycles. The van der Waals surface area contributed by atoms with Gasteiger partial charge in [0.25, 0.3) is 0 Å². The van der Waals surface area contributed by atoms with E-state index < -0.39 is 30.4 Å². The molecule has 4 nitrogen and oxygen atoms in total. The van der Waals surface area contributed by atoms with E-state index >= 15 is 0 Å². The molecule has 0 aromatic rings. The lowest BCUT2D eigenvalue weighted by Gasteiger charge is -2.15. The van der Waals surface area contributed by atoms with Crippen LogP contribution >= 0.6 is 11.6 Å². The Kier molecular flexibility index (Phi) is 28.4. The van der Waals surface area contributed by atoms with Crippen LogP contribution in [-0.4, -0.2) is 30.4 Å². The van der Waals surface area contributed by atoms with E-state index in [1.807, 2.05) is 0 Å². The third kappa shape index (κ3) is 33.9. The lowest BCUT2D eigenvalue weighted by atomic mass is 10.0. The highest BCUT2D eigenvalue weighted by atomic mass is 35.5. The van der Waals surface area contributed by atoms with Crippen LogP contribution in [-0.2, 0) is 19.1 Å². The fraction of sp³-hybridized carbons (Fsp3) is 0.897. The third-order valence-electron chi connectivity index (χ3n) is 8.19. The van der Waals surface area contributed by atoms with Crippen molar-refractivity contribution in [2.45, 2.75) is 213 Å². The maximum atomic E-state index is 12.5. The SMILES string of the molecule is [2H]C([2H])(Cl)C([2H])(OC(=O)CCCCCCCCCCCCCCCCC)C([2H])([2H])OC(=O)CCCCCCC/C=C\CCCCCCCC. The highest BCUT2D eigenvalue weighted by Crippen LogP contribution is 2.15. The zero-order valence-corrected chi connectivity index (χ0v) is 29.6. The normalized spacial score (nSPS) is 15.2. The summed E-state index contributed by atoms with van der Waals surface area (Å²) in [6.07, 6.45) is 33.1. The number of ether oxygens (including phenoxy) is 2. The Balaban J connectivity index is 4.19. The number of rotatable bonds is 35. The molecule has 0 amide bonds. The van der Waals surface area contributed by atoms with Gasteiger partial charge in [-0.3, -0.25) is 9.59 Å². The quantitative estimate of drug-likeness (QED) is 0.0298. The van der Waals surface area contributed by atoms with Crippen LogP contribution in [0, 0.1) is 0 Å². The molecule has 0 radical (unpaired) electrons. The van der Waals surface area contributed by atoms with E-state index in [2.05, 4.69) is 26.0 Å². The van der Waals surface area contributed by atoms with Gasteiger partial charge in [0.1, 0.15) is 12.6 Å². The minimum atomic E-state index is -3.28. The molecule has 0 saturated heterocycles. The summed E-state index contributed by atoms with van der Waals surface area (Å²) >= 11 is 5.73. The molecule has 0 N–H and O–H groups in total. The highest BCUT2D eigenvalue weighted by molar-refractivity contribution is 6.18. The first-order valence-corrected chi connectivity index (χ1v) is 19.1. The van der Waals surface area contributed by atoms with Gasteiger partial charge in [-0.2, -0.15) is 0 Å². The van der Waals surface area contributed by atoms with Gasteiger partial charge in [0.2, 0.25) is 0 Å². The standard InChI is InChI=1S/C39H73ClO4/c1-3-5-7-9-11-13-15-17-19-21-23-25-27-29-31-33-38(41)43-36-37(35-40)44-39(42)34-32-30-28-26-24-22-20-18-16-14-12-10-8-6-4-2/h17,19,37H,3-16,18,20-36H2,1-2H3/b19-17-/i35D2,36D2,37D. The van der Waals surface area contributed by atoms with Gasteiger partial charge in [0, 0.05) is 15.6 Å². The van der Waals surface area contributed by atoms with Crippen molar-refractivity contribution in [2.24, 2.45) is 0 Å². The number of halogens is 1. The summed E-state index contributed by atoms with van der Waals surface area (Å²) in [6.45, 7) is 1.20. The molecule has 1 unspecified atom stereocenters. The molecule has 5 heteroatoms. The van der Waals surface area contributed by atoms with Crippen LogP contribution in [0.15, 0.2) is 12.2 Å². The lowest BCUT2D eigenvalue weighted by molar-refractivity contribution is -0.157. The molecule has 1 atom stereocenters. The van der Waals surface area contributed by atoms with Crippen LogP contribution in [0.4, 0.5) is 0 Å². The summed E-state index contributed by atoms with van der Waals surface area (Å²) < 4.78 is 50.2. The van der Waals surface area contributed by atoms with Crippen molar-refractivity contribution < 1.29 is 25.9 Å². The predicted molar refractivity (Wildman–Crippen MR) is 191 cm³/mol. The Labute approximate surface area is 286 Å². The van der Waals surface area contributed by atoms with Crippen LogP contribution in [0.1, 0.15) is 213 Å². The van der Waals surface area contributed by atoms with E-state index in [9.17, 15) is 9.59 Å². The van der Waals surface area contributed by atoms with Gasteiger partial charge in [-0.25, -0.2) is 0 Å². The minimum absolute atomic E-state index is 0.0773. The van der Waals surface area contributed by atoms with E-state index in [-0.39, 0.29) is 12.8 Å². The maximum Gasteiger partial charge on any atom is 0.306 e. The van der Waals surface area contributed by atoms with Crippen molar-refractivity contribution in [1.29, 1.82) is 0 Å². The summed E-state index contributed by atoms with van der Waals surface area (Å²) in [6, 6.07) is 0. The molecule has 44 heavy (non-hydrogen) atoms. The largest absolute Gasteiger partial charge is 0.462 e. The molecular weight excluding hydrogens is 568 g/mol. The Morgan fingerprint density at radius 2 is 0.909 bits per heavy atom. The molecule has 0 aliphatic carbocycles. The van der Waals surface area contributed by atoms with Crippen LogP contribution in [0.3, 0.4) is 0 Å². The molecule has 0 fully saturated rings. The molecule has 0 aliphatic rings. The molecule has 260 valence electrons. The average Bonchev–Trinajstić information content (AvgIpc) is 3.03. The van der Waals surface area contributed by atoms with Crippen molar-refractivity contribution >= 4 is 23.5 Å². The van der Waals surface area contributed by atoms with Crippen LogP contribution in [0.2, 0.25) is 0 Å². The molecule has 0 heterocycles. The van der Waals surface area contributed by atoms with Crippen LogP contribution in [0.5, 0.6) is 0 Å². The zero-order valence-electron chi connectivity index (χ0n) is 33.9. The van der Waals surface area contributed by atoms with E-state index in [1.54, 1.807) is 0 Å². The third-order valence-corrected chi connectivity index (χ3v) is 8.36. The second-order valence-corrected chi connectivity index (χ2v) is 12.7. The number of carbonyl (C=O) groups is 2. The zero-order chi connectivity index (χ0) is 36.7. The summed E-state index contributed by atoms with van der Waals surface area (Å²) in [5.41, 5.74) is 0. The molecule has 0 spiro atoms. The Hall–Kier alpha value is -1.03. The van der Waals surface area contributed by atoms with E-state index in [4.69, 9.17) is 27.9 Å². The molecule has 0 rings (SSSR count). The van der Waals surface area contributed by atoms with Crippen LogP contribution in [0.25, 0.3) is 0 Å². The van der Waals surface area contributed by atoms with Gasteiger partial charge in [-0.1, -0.05) is 167 Å². The van der Waals surface area contributed by atoms with Gasteiger partial charge >= 0.3 is 11.9 Å². The smallest absolute Gasteiger partial charge is 0.306 e. The number of hydrogen-bond acceptors (Lipinski definition) is 4. The summed E-state index contributed by atoms with van der Waals surface area (Å²) in [5, 5.41) is 0. The van der Waals surface area contributed by atoms with Gasteiger partial charge in [0.05, 0.1) is 9.94 Å². The highest BCUT2D eigenvalue weighted by Gasteiger charge is 2.16. The topological polar surface area (TPSA) is 52.6 Å². The first-order chi connectivity index (χ1) is 23.4. The van der Waals surface area contributed by atoms with Gasteiger partial charge in [-0.05, 0) is 38.5 Å². The number of unbranched alkanes of at least 4 members (excludes halogenated alkanes) is 25. The Morgan fingerprint density at radius 3 is 1.30 bits per heavy atom. The van der Waals surface area contributed by atoms with Gasteiger partial charge in [-0.15, -0.1) is 11.6 Å². The Bertz CT molecular complexity index is 837. The van der Waals surface area contributed by atoms with Gasteiger partial charge in [0.15, 0.2) is 0 Å². The number of allylic oxidation sites excluding steroid dienone is 2. The molecular formula is C39H73ClO4. The molecule has 0 bridgehead atoms. The summed E-state index contributed by atoms with van der Waals surface area (Å²) in [4.78, 5) is 24.9. The molecule has 0 aromatic heterocycles. The van der Waals surface area contributed by atoms with Crippen molar-refractivity contribution in [3.63, 3.8) is 0 Å². The monoisotopic (exact) mass is 646 g/mol. The maximum absolute atomic E-state index is 12.5. The van der Waals surface area contributed by atoms with Crippen molar-refractivity contribution in [3.05, 3.63) is 12.2 Å². The number of carbonyl (C=O) groups excluding carboxylic acids is 2. The fourth-order valence-corrected chi connectivity index (χ4v) is 5.44. The second-order valence-electron chi connectivity index (χ2n) is 12.5. The molecule has 0 saturated carbocycles. The summed E-state index contributed by atoms with van der Waals surface area (Å²) in [7, 11) is 0. The fourth-order valence-electron chi connectivity index (χ4n) is 5.36. The van der Waals surface area contributed by atoms with Crippen molar-refractivity contribution in [2.75, 3.05) is 12.4 Å². The first-order valence-electron chi connectivity index (χ1n) is 21.2. The lowest BCUT2D eigenvalue weighted by Crippen LogP contribution is -2.26. The number of hydrogen-bond donors (Lipinski definition) is 0. The number of alkyl halides is 1. The van der Waals surface area contributed by atoms with Crippen molar-refractivity contribution in [1.82, 2.24) is 0 Å². The molecule has 0 aliphatic heterocycles. The van der Waals surface area contributed by atoms with Crippen LogP contribution < -0.4 is 0 Å². The summed E-state index contributed by atoms with van der Waals surface area (Å²) in [5.74, 6) is -4.99. The number of esters is 2. The van der Waals surface area contributed by atoms with Gasteiger partial charge < -0.3 is 9.47 Å². The minimum Gasteiger partial charge on any atom is -0.462 e. The first kappa shape index (κ1) is 34.3. The van der Waals surface area contributed by atoms with E-state index in [0.29, 0.717) is 12.8 Å². The second kappa shape index (κ2) is 36.4. The van der Waals surface area contributed by atoms with Crippen molar-refractivity contribution in [3.8, 4) is 0 Å². The van der Waals surface area contributed by atoms with E-state index in [1.165, 1.54) is 103 Å². The predicted octanol–water partition coefficient (Wildman–Crippen LogP) is 13.0.